The predicted octanol–water partition coefficient (Wildman–Crippen LogP) is 4.96. The van der Waals surface area contributed by atoms with Gasteiger partial charge in [0, 0.05) is 0 Å². The van der Waals surface area contributed by atoms with Crippen molar-refractivity contribution in [3.05, 3.63) is 46.6 Å². The van der Waals surface area contributed by atoms with Gasteiger partial charge in [0.05, 0.1) is 0 Å². The molecule has 0 aliphatic carbocycles. The molecular weight excluding hydrogens is 343 g/mol. The van der Waals surface area contributed by atoms with Crippen LogP contribution in [0.4, 0.5) is 0 Å². The fourth-order valence-corrected chi connectivity index (χ4v) is 2.74. The van der Waals surface area contributed by atoms with Crippen LogP contribution in [0, 0.1) is 0 Å². The third kappa shape index (κ3) is 17.7. The number of nitrogens with two attached hydrogens (primary N) is 1. The molecule has 0 bridgehead atoms. The molecule has 0 aromatic heterocycles. The molecule has 4 nitrogen and oxygen atoms in total. The van der Waals surface area contributed by atoms with Gasteiger partial charge in [-0.05, 0) is 79.5 Å². The Morgan fingerprint density at radius 3 is 1.65 bits per heavy atom. The zero-order chi connectivity index (χ0) is 20.0. The predicted molar refractivity (Wildman–Crippen MR) is 115 cm³/mol. The van der Waals surface area contributed by atoms with Crippen LogP contribution in [-0.2, 0) is 10.2 Å². The number of allylic oxidation sites excluding steroid dienone is 8. The van der Waals surface area contributed by atoms with E-state index in [1.165, 1.54) is 29.7 Å². The largest absolute Gasteiger partial charge is 0.263 e. The molecule has 0 fully saturated rings. The van der Waals surface area contributed by atoms with Crippen LogP contribution in [0.3, 0.4) is 0 Å². The second-order valence-electron chi connectivity index (χ2n) is 7.15. The molecule has 0 saturated carbocycles. The zero-order valence-corrected chi connectivity index (χ0v) is 18.0. The van der Waals surface area contributed by atoms with Crippen LogP contribution < -0.4 is 9.77 Å². The van der Waals surface area contributed by atoms with Crippen LogP contribution in [0.5, 0.6) is 0 Å². The Labute approximate surface area is 162 Å². The van der Waals surface area contributed by atoms with Gasteiger partial charge in [-0.1, -0.05) is 46.6 Å². The van der Waals surface area contributed by atoms with Crippen molar-refractivity contribution < 1.29 is 8.42 Å². The molecule has 0 aromatic carbocycles. The van der Waals surface area contributed by atoms with E-state index in [1.54, 1.807) is 0 Å². The Kier molecular flexibility index (Phi) is 13.4. The number of hydrogen-bond acceptors (Lipinski definition) is 2. The lowest BCUT2D eigenvalue weighted by Gasteiger charge is -2.03. The standard InChI is InChI=1S/C20H36BN2O2S/c1-17(2)9-6-10-18(3)11-7-12-19(4)13-8-14-20(5)15-16-21-23-26(22,24)25/h9,11,13,15,23H,6-8,10,12,14,16H2,1-5H3,(H2,22,24,25). The summed E-state index contributed by atoms with van der Waals surface area (Å²) in [6, 6.07) is 0. The summed E-state index contributed by atoms with van der Waals surface area (Å²) >= 11 is 0. The van der Waals surface area contributed by atoms with Crippen LogP contribution in [0.25, 0.3) is 0 Å². The Morgan fingerprint density at radius 1 is 0.808 bits per heavy atom. The summed E-state index contributed by atoms with van der Waals surface area (Å²) in [6.07, 6.45) is 16.0. The van der Waals surface area contributed by atoms with Crippen molar-refractivity contribution in [1.82, 2.24) is 4.63 Å². The highest BCUT2D eigenvalue weighted by Gasteiger charge is 2.00. The van der Waals surface area contributed by atoms with E-state index in [0.29, 0.717) is 6.32 Å². The topological polar surface area (TPSA) is 72.2 Å². The summed E-state index contributed by atoms with van der Waals surface area (Å²) in [4.78, 5) is 0. The van der Waals surface area contributed by atoms with Crippen molar-refractivity contribution in [3.63, 3.8) is 0 Å². The second-order valence-corrected chi connectivity index (χ2v) is 8.48. The van der Waals surface area contributed by atoms with E-state index in [4.69, 9.17) is 5.14 Å². The van der Waals surface area contributed by atoms with Crippen LogP contribution >= 0.6 is 0 Å². The normalized spacial score (nSPS) is 13.7. The van der Waals surface area contributed by atoms with Crippen molar-refractivity contribution >= 4 is 17.6 Å². The van der Waals surface area contributed by atoms with Gasteiger partial charge < -0.3 is 0 Å². The smallest absolute Gasteiger partial charge is 0.248 e. The van der Waals surface area contributed by atoms with Crippen molar-refractivity contribution in [2.45, 2.75) is 79.5 Å². The van der Waals surface area contributed by atoms with Gasteiger partial charge in [0.25, 0.3) is 10.2 Å². The average molecular weight is 379 g/mol. The maximum absolute atomic E-state index is 10.7. The molecule has 6 heteroatoms. The first-order valence-electron chi connectivity index (χ1n) is 9.32. The van der Waals surface area contributed by atoms with E-state index in [-0.39, 0.29) is 0 Å². The van der Waals surface area contributed by atoms with Gasteiger partial charge in [-0.25, -0.2) is 9.77 Å². The van der Waals surface area contributed by atoms with Crippen molar-refractivity contribution in [1.29, 1.82) is 0 Å². The highest BCUT2D eigenvalue weighted by molar-refractivity contribution is 7.88. The van der Waals surface area contributed by atoms with Crippen LogP contribution in [0.2, 0.25) is 6.32 Å². The van der Waals surface area contributed by atoms with Crippen molar-refractivity contribution in [3.8, 4) is 0 Å². The molecule has 0 rings (SSSR count). The van der Waals surface area contributed by atoms with Crippen LogP contribution in [0.1, 0.15) is 73.1 Å². The van der Waals surface area contributed by atoms with E-state index >= 15 is 0 Å². The number of nitrogens with one attached hydrogen (secondary N) is 1. The van der Waals surface area contributed by atoms with Gasteiger partial charge in [-0.2, -0.15) is 8.42 Å². The zero-order valence-electron chi connectivity index (χ0n) is 17.1. The van der Waals surface area contributed by atoms with Gasteiger partial charge in [0.15, 0.2) is 0 Å². The summed E-state index contributed by atoms with van der Waals surface area (Å²) in [6.45, 7) is 10.8. The molecule has 0 aliphatic heterocycles. The molecule has 0 aliphatic rings. The number of hydrogen-bond donors (Lipinski definition) is 2. The lowest BCUT2D eigenvalue weighted by atomic mass is 9.89. The highest BCUT2D eigenvalue weighted by Crippen LogP contribution is 2.13. The van der Waals surface area contributed by atoms with Crippen molar-refractivity contribution in [2.75, 3.05) is 0 Å². The van der Waals surface area contributed by atoms with E-state index in [2.05, 4.69) is 57.5 Å². The maximum Gasteiger partial charge on any atom is 0.263 e. The molecule has 26 heavy (non-hydrogen) atoms. The SMILES string of the molecule is CC(C)=CCCC(C)=CCCC(C)=CCCC(C)=CC[B]NS(N)(=O)=O. The Balaban J connectivity index is 4.01. The molecule has 3 N–H and O–H groups in total. The van der Waals surface area contributed by atoms with Gasteiger partial charge in [0.1, 0.15) is 0 Å². The van der Waals surface area contributed by atoms with Crippen LogP contribution in [0.15, 0.2) is 46.6 Å². The summed E-state index contributed by atoms with van der Waals surface area (Å²) in [5.74, 6) is 0. The molecule has 1 radical (unpaired) electrons. The third-order valence-corrected chi connectivity index (χ3v) is 4.48. The van der Waals surface area contributed by atoms with Gasteiger partial charge in [0.2, 0.25) is 7.41 Å². The van der Waals surface area contributed by atoms with E-state index in [1.807, 2.05) is 6.08 Å². The Hall–Kier alpha value is -1.11. The summed E-state index contributed by atoms with van der Waals surface area (Å²) in [5, 5.41) is 4.85. The Morgan fingerprint density at radius 2 is 1.23 bits per heavy atom. The molecule has 0 aromatic rings. The fourth-order valence-electron chi connectivity index (χ4n) is 2.41. The first-order valence-corrected chi connectivity index (χ1v) is 10.9. The van der Waals surface area contributed by atoms with E-state index < -0.39 is 10.2 Å². The van der Waals surface area contributed by atoms with E-state index in [9.17, 15) is 8.42 Å². The van der Waals surface area contributed by atoms with Gasteiger partial charge in [-0.15, -0.1) is 0 Å². The molecule has 0 heterocycles. The quantitative estimate of drug-likeness (QED) is 0.270. The lowest BCUT2D eigenvalue weighted by molar-refractivity contribution is 0.595. The summed E-state index contributed by atoms with van der Waals surface area (Å²) in [5.41, 5.74) is 5.53. The highest BCUT2D eigenvalue weighted by atomic mass is 32.2. The number of rotatable bonds is 13. The van der Waals surface area contributed by atoms with Gasteiger partial charge >= 0.3 is 0 Å². The third-order valence-electron chi connectivity index (χ3n) is 3.99. The average Bonchev–Trinajstić information content (AvgIpc) is 2.50. The first kappa shape index (κ1) is 24.9. The summed E-state index contributed by atoms with van der Waals surface area (Å²) < 4.78 is 23.6. The molecular formula is C20H36BN2O2S. The molecule has 0 amide bonds. The molecule has 0 atom stereocenters. The molecule has 0 saturated heterocycles. The molecule has 0 spiro atoms. The molecule has 0 unspecified atom stereocenters. The Bertz CT molecular complexity index is 628. The van der Waals surface area contributed by atoms with Gasteiger partial charge in [-0.3, -0.25) is 0 Å². The minimum Gasteiger partial charge on any atom is -0.248 e. The van der Waals surface area contributed by atoms with Crippen molar-refractivity contribution in [2.24, 2.45) is 5.14 Å². The second kappa shape index (κ2) is 14.0. The monoisotopic (exact) mass is 379 g/mol. The maximum atomic E-state index is 10.7. The first-order chi connectivity index (χ1) is 12.1. The molecule has 147 valence electrons. The van der Waals surface area contributed by atoms with Crippen LogP contribution in [-0.4, -0.2) is 15.8 Å². The summed E-state index contributed by atoms with van der Waals surface area (Å²) in [7, 11) is -2.18. The van der Waals surface area contributed by atoms with E-state index in [0.717, 1.165) is 38.5 Å². The minimum absolute atomic E-state index is 0.543. The fraction of sp³-hybridized carbons (Fsp3) is 0.600. The lowest BCUT2D eigenvalue weighted by Crippen LogP contribution is -2.33. The minimum atomic E-state index is -3.63.